The van der Waals surface area contributed by atoms with E-state index in [1.54, 1.807) is 17.0 Å². The third-order valence-corrected chi connectivity index (χ3v) is 6.10. The van der Waals surface area contributed by atoms with Gasteiger partial charge < -0.3 is 28.6 Å². The molecule has 0 saturated heterocycles. The standard InChI is InChI=1S/C28H24N2O6/c1-32-25-13-19(11-21(15-29)28(31)30-10-9-20-5-3-4-6-22(20)30)14-26(33-2)27(25)34-16-18-7-8-23-24(12-18)36-17-35-23/h3-8,11-14H,9-10,16-17H2,1-2H3/b21-11+. The maximum absolute atomic E-state index is 13.2. The van der Waals surface area contributed by atoms with Crippen LogP contribution in [0, 0.1) is 11.3 Å². The number of ether oxygens (including phenoxy) is 5. The van der Waals surface area contributed by atoms with E-state index in [0.29, 0.717) is 40.9 Å². The minimum absolute atomic E-state index is 0.0184. The van der Waals surface area contributed by atoms with E-state index < -0.39 is 0 Å². The second kappa shape index (κ2) is 9.92. The van der Waals surface area contributed by atoms with E-state index >= 15 is 0 Å². The fourth-order valence-electron chi connectivity index (χ4n) is 4.32. The zero-order chi connectivity index (χ0) is 25.1. The average molecular weight is 485 g/mol. The smallest absolute Gasteiger partial charge is 0.268 e. The van der Waals surface area contributed by atoms with Gasteiger partial charge in [-0.3, -0.25) is 4.79 Å². The summed E-state index contributed by atoms with van der Waals surface area (Å²) in [5.74, 6) is 2.27. The van der Waals surface area contributed by atoms with E-state index in [0.717, 1.165) is 23.2 Å². The molecular formula is C28H24N2O6. The van der Waals surface area contributed by atoms with Gasteiger partial charge in [-0.1, -0.05) is 24.3 Å². The van der Waals surface area contributed by atoms with E-state index in [1.807, 2.05) is 48.5 Å². The quantitative estimate of drug-likeness (QED) is 0.360. The molecule has 0 atom stereocenters. The second-order valence-electron chi connectivity index (χ2n) is 8.24. The van der Waals surface area contributed by atoms with E-state index in [4.69, 9.17) is 23.7 Å². The Balaban J connectivity index is 1.40. The Kier molecular flexibility index (Phi) is 6.37. The Hall–Kier alpha value is -4.64. The lowest BCUT2D eigenvalue weighted by Gasteiger charge is -2.17. The number of methoxy groups -OCH3 is 2. The number of benzene rings is 3. The van der Waals surface area contributed by atoms with Crippen molar-refractivity contribution in [1.82, 2.24) is 0 Å². The minimum Gasteiger partial charge on any atom is -0.493 e. The maximum atomic E-state index is 13.2. The Bertz CT molecular complexity index is 1370. The van der Waals surface area contributed by atoms with Crippen molar-refractivity contribution < 1.29 is 28.5 Å². The fraction of sp³-hybridized carbons (Fsp3) is 0.214. The van der Waals surface area contributed by atoms with Gasteiger partial charge >= 0.3 is 0 Å². The monoisotopic (exact) mass is 484 g/mol. The van der Waals surface area contributed by atoms with Crippen molar-refractivity contribution in [3.05, 3.63) is 76.9 Å². The van der Waals surface area contributed by atoms with Gasteiger partial charge in [-0.25, -0.2) is 0 Å². The molecule has 2 heterocycles. The van der Waals surface area contributed by atoms with Crippen molar-refractivity contribution in [3.8, 4) is 34.8 Å². The van der Waals surface area contributed by atoms with Crippen LogP contribution in [0.25, 0.3) is 6.08 Å². The van der Waals surface area contributed by atoms with Crippen LogP contribution >= 0.6 is 0 Å². The largest absolute Gasteiger partial charge is 0.493 e. The zero-order valence-corrected chi connectivity index (χ0v) is 19.9. The molecule has 3 aromatic rings. The summed E-state index contributed by atoms with van der Waals surface area (Å²) in [6.07, 6.45) is 2.30. The highest BCUT2D eigenvalue weighted by Gasteiger charge is 2.27. The number of fused-ring (bicyclic) bond motifs is 2. The lowest BCUT2D eigenvalue weighted by molar-refractivity contribution is -0.114. The summed E-state index contributed by atoms with van der Waals surface area (Å²) >= 11 is 0. The van der Waals surface area contributed by atoms with Crippen LogP contribution in [-0.4, -0.2) is 33.5 Å². The first-order valence-corrected chi connectivity index (χ1v) is 11.4. The molecule has 2 aliphatic rings. The summed E-state index contributed by atoms with van der Waals surface area (Å²) in [5.41, 5.74) is 3.42. The number of amides is 1. The third-order valence-electron chi connectivity index (χ3n) is 6.10. The molecule has 8 nitrogen and oxygen atoms in total. The van der Waals surface area contributed by atoms with E-state index in [1.165, 1.54) is 20.3 Å². The Morgan fingerprint density at radius 1 is 1.06 bits per heavy atom. The Labute approximate surface area is 208 Å². The Morgan fingerprint density at radius 3 is 2.56 bits per heavy atom. The molecule has 36 heavy (non-hydrogen) atoms. The number of carbonyl (C=O) groups is 1. The van der Waals surface area contributed by atoms with Crippen LogP contribution in [0.15, 0.2) is 60.2 Å². The summed E-state index contributed by atoms with van der Waals surface area (Å²) in [5, 5.41) is 9.78. The molecular weight excluding hydrogens is 460 g/mol. The first-order chi connectivity index (χ1) is 17.6. The molecule has 1 amide bonds. The fourth-order valence-corrected chi connectivity index (χ4v) is 4.32. The number of nitrogens with zero attached hydrogens (tertiary/aromatic N) is 2. The van der Waals surface area contributed by atoms with E-state index in [-0.39, 0.29) is 24.9 Å². The van der Waals surface area contributed by atoms with Gasteiger partial charge in [-0.05, 0) is 59.5 Å². The molecule has 0 aliphatic carbocycles. The number of hydrogen-bond acceptors (Lipinski definition) is 7. The Morgan fingerprint density at radius 2 is 1.81 bits per heavy atom. The molecule has 0 unspecified atom stereocenters. The van der Waals surface area contributed by atoms with Gasteiger partial charge in [-0.2, -0.15) is 5.26 Å². The predicted molar refractivity (Wildman–Crippen MR) is 133 cm³/mol. The number of anilines is 1. The number of para-hydroxylation sites is 1. The lowest BCUT2D eigenvalue weighted by atomic mass is 10.1. The summed E-state index contributed by atoms with van der Waals surface area (Å²) in [7, 11) is 3.04. The van der Waals surface area contributed by atoms with Crippen molar-refractivity contribution >= 4 is 17.7 Å². The first-order valence-electron chi connectivity index (χ1n) is 11.4. The molecule has 182 valence electrons. The molecule has 0 aromatic heterocycles. The van der Waals surface area contributed by atoms with Crippen LogP contribution in [-0.2, 0) is 17.8 Å². The number of hydrogen-bond donors (Lipinski definition) is 0. The normalized spacial score (nSPS) is 13.7. The van der Waals surface area contributed by atoms with E-state index in [9.17, 15) is 10.1 Å². The number of rotatable bonds is 7. The molecule has 3 aromatic carbocycles. The van der Waals surface area contributed by atoms with Crippen molar-refractivity contribution in [2.24, 2.45) is 0 Å². The highest BCUT2D eigenvalue weighted by atomic mass is 16.7. The van der Waals surface area contributed by atoms with Crippen LogP contribution in [0.2, 0.25) is 0 Å². The third kappa shape index (κ3) is 4.39. The number of carbonyl (C=O) groups excluding carboxylic acids is 1. The van der Waals surface area contributed by atoms with Gasteiger partial charge in [0.2, 0.25) is 12.5 Å². The average Bonchev–Trinajstić information content (AvgIpc) is 3.56. The summed E-state index contributed by atoms with van der Waals surface area (Å²) in [6, 6.07) is 18.8. The van der Waals surface area contributed by atoms with Crippen LogP contribution < -0.4 is 28.6 Å². The predicted octanol–water partition coefficient (Wildman–Crippen LogP) is 4.51. The molecule has 5 rings (SSSR count). The van der Waals surface area contributed by atoms with E-state index in [2.05, 4.69) is 0 Å². The minimum atomic E-state index is -0.344. The molecule has 0 fully saturated rings. The molecule has 0 radical (unpaired) electrons. The van der Waals surface area contributed by atoms with Gasteiger partial charge in [0.05, 0.1) is 14.2 Å². The topological polar surface area (TPSA) is 90.3 Å². The lowest BCUT2D eigenvalue weighted by Crippen LogP contribution is -2.29. The highest BCUT2D eigenvalue weighted by Crippen LogP contribution is 2.40. The van der Waals surface area contributed by atoms with Crippen molar-refractivity contribution in [1.29, 1.82) is 5.26 Å². The summed E-state index contributed by atoms with van der Waals surface area (Å²) < 4.78 is 27.9. The summed E-state index contributed by atoms with van der Waals surface area (Å²) in [4.78, 5) is 14.8. The van der Waals surface area contributed by atoms with Crippen LogP contribution in [0.4, 0.5) is 5.69 Å². The van der Waals surface area contributed by atoms with Crippen LogP contribution in [0.5, 0.6) is 28.7 Å². The zero-order valence-electron chi connectivity index (χ0n) is 19.9. The number of nitriles is 1. The van der Waals surface area contributed by atoms with Crippen molar-refractivity contribution in [2.75, 3.05) is 32.5 Å². The van der Waals surface area contributed by atoms with Gasteiger partial charge in [-0.15, -0.1) is 0 Å². The van der Waals surface area contributed by atoms with Crippen LogP contribution in [0.1, 0.15) is 16.7 Å². The van der Waals surface area contributed by atoms with Crippen molar-refractivity contribution in [2.45, 2.75) is 13.0 Å². The molecule has 2 aliphatic heterocycles. The molecule has 0 bridgehead atoms. The maximum Gasteiger partial charge on any atom is 0.268 e. The first kappa shape index (κ1) is 23.1. The van der Waals surface area contributed by atoms with Gasteiger partial charge in [0, 0.05) is 12.2 Å². The molecule has 8 heteroatoms. The van der Waals surface area contributed by atoms with Gasteiger partial charge in [0.25, 0.3) is 5.91 Å². The molecule has 0 spiro atoms. The van der Waals surface area contributed by atoms with Crippen molar-refractivity contribution in [3.63, 3.8) is 0 Å². The van der Waals surface area contributed by atoms with Gasteiger partial charge in [0.1, 0.15) is 18.2 Å². The van der Waals surface area contributed by atoms with Crippen LogP contribution in [0.3, 0.4) is 0 Å². The SMILES string of the molecule is COc1cc(/C=C(\C#N)C(=O)N2CCc3ccccc32)cc(OC)c1OCc1ccc2c(c1)OCO2. The molecule has 0 N–H and O–H groups in total. The highest BCUT2D eigenvalue weighted by molar-refractivity contribution is 6.12. The van der Waals surface area contributed by atoms with Gasteiger partial charge in [0.15, 0.2) is 23.0 Å². The summed E-state index contributed by atoms with van der Waals surface area (Å²) in [6.45, 7) is 0.985. The second-order valence-corrected chi connectivity index (χ2v) is 8.24. The molecule has 0 saturated carbocycles.